The van der Waals surface area contributed by atoms with Crippen LogP contribution in [0.3, 0.4) is 0 Å². The van der Waals surface area contributed by atoms with Crippen molar-refractivity contribution in [1.29, 1.82) is 0 Å². The number of aromatic nitrogens is 1. The van der Waals surface area contributed by atoms with Gasteiger partial charge >= 0.3 is 0 Å². The maximum Gasteiger partial charge on any atom is 0.261 e. The summed E-state index contributed by atoms with van der Waals surface area (Å²) in [6.07, 6.45) is 0.639. The van der Waals surface area contributed by atoms with E-state index in [9.17, 15) is 4.79 Å². The van der Waals surface area contributed by atoms with Gasteiger partial charge in [-0.15, -0.1) is 0 Å². The number of ether oxygens (including phenoxy) is 1. The molecule has 0 saturated heterocycles. The molecule has 6 heteroatoms. The van der Waals surface area contributed by atoms with Crippen molar-refractivity contribution in [2.75, 3.05) is 5.32 Å². The Labute approximate surface area is 154 Å². The lowest BCUT2D eigenvalue weighted by Crippen LogP contribution is -2.14. The first-order valence-electron chi connectivity index (χ1n) is 7.87. The van der Waals surface area contributed by atoms with Crippen molar-refractivity contribution in [3.63, 3.8) is 0 Å². The zero-order chi connectivity index (χ0) is 17.8. The fourth-order valence-electron chi connectivity index (χ4n) is 2.39. The van der Waals surface area contributed by atoms with Crippen LogP contribution >= 0.6 is 15.9 Å². The van der Waals surface area contributed by atoms with Crippen LogP contribution in [0, 0.1) is 6.92 Å². The molecule has 0 aliphatic rings. The molecule has 3 rings (SSSR count). The lowest BCUT2D eigenvalue weighted by atomic mass is 10.1. The Morgan fingerprint density at radius 2 is 1.72 bits per heavy atom. The van der Waals surface area contributed by atoms with Crippen molar-refractivity contribution in [2.24, 2.45) is 0 Å². The first-order valence-corrected chi connectivity index (χ1v) is 8.66. The third-order valence-electron chi connectivity index (χ3n) is 3.66. The molecule has 1 heterocycles. The summed E-state index contributed by atoms with van der Waals surface area (Å²) in [4.78, 5) is 12.4. The zero-order valence-corrected chi connectivity index (χ0v) is 15.5. The van der Waals surface area contributed by atoms with Gasteiger partial charge in [-0.3, -0.25) is 4.79 Å². The molecule has 25 heavy (non-hydrogen) atoms. The van der Waals surface area contributed by atoms with Crippen LogP contribution in [-0.4, -0.2) is 11.1 Å². The normalized spacial score (nSPS) is 10.5. The predicted molar refractivity (Wildman–Crippen MR) is 99.2 cm³/mol. The number of halogens is 1. The van der Waals surface area contributed by atoms with E-state index in [4.69, 9.17) is 9.26 Å². The van der Waals surface area contributed by atoms with Gasteiger partial charge in [-0.05, 0) is 61.9 Å². The summed E-state index contributed by atoms with van der Waals surface area (Å²) >= 11 is 3.39. The van der Waals surface area contributed by atoms with Gasteiger partial charge in [-0.25, -0.2) is 0 Å². The Balaban J connectivity index is 1.69. The Bertz CT molecular complexity index is 871. The SMILES string of the molecule is CCc1noc(C)c1C(=O)Nc1ccc(Oc2ccc(Br)cc2)cc1. The highest BCUT2D eigenvalue weighted by molar-refractivity contribution is 9.10. The Morgan fingerprint density at radius 1 is 1.12 bits per heavy atom. The number of carbonyl (C=O) groups excluding carboxylic acids is 1. The van der Waals surface area contributed by atoms with Crippen LogP contribution in [0.4, 0.5) is 5.69 Å². The molecule has 5 nitrogen and oxygen atoms in total. The standard InChI is InChI=1S/C19H17BrN2O3/c1-3-17-18(12(2)25-22-17)19(23)21-14-6-10-16(11-7-14)24-15-8-4-13(20)5-9-15/h4-11H,3H2,1-2H3,(H,21,23). The van der Waals surface area contributed by atoms with E-state index in [2.05, 4.69) is 26.4 Å². The third kappa shape index (κ3) is 4.09. The van der Waals surface area contributed by atoms with Crippen LogP contribution < -0.4 is 10.1 Å². The molecule has 0 unspecified atom stereocenters. The summed E-state index contributed by atoms with van der Waals surface area (Å²) in [5.74, 6) is 1.73. The van der Waals surface area contributed by atoms with Gasteiger partial charge in [0.2, 0.25) is 0 Å². The van der Waals surface area contributed by atoms with E-state index in [0.29, 0.717) is 34.9 Å². The average Bonchev–Trinajstić information content (AvgIpc) is 2.99. The first kappa shape index (κ1) is 17.2. The van der Waals surface area contributed by atoms with Crippen molar-refractivity contribution < 1.29 is 14.1 Å². The van der Waals surface area contributed by atoms with Crippen LogP contribution in [-0.2, 0) is 6.42 Å². The molecule has 0 bridgehead atoms. The minimum atomic E-state index is -0.225. The molecule has 0 aliphatic carbocycles. The van der Waals surface area contributed by atoms with Crippen LogP contribution in [0.2, 0.25) is 0 Å². The molecule has 3 aromatic rings. The number of amides is 1. The summed E-state index contributed by atoms with van der Waals surface area (Å²) < 4.78 is 11.9. The van der Waals surface area contributed by atoms with Gasteiger partial charge in [0.1, 0.15) is 22.8 Å². The molecule has 1 amide bonds. The zero-order valence-electron chi connectivity index (χ0n) is 13.9. The Kier molecular flexibility index (Phi) is 5.19. The van der Waals surface area contributed by atoms with E-state index in [1.54, 1.807) is 31.2 Å². The monoisotopic (exact) mass is 400 g/mol. The van der Waals surface area contributed by atoms with E-state index in [0.717, 1.165) is 10.2 Å². The fraction of sp³-hybridized carbons (Fsp3) is 0.158. The largest absolute Gasteiger partial charge is 0.457 e. The quantitative estimate of drug-likeness (QED) is 0.626. The second-order valence-corrected chi connectivity index (χ2v) is 6.36. The van der Waals surface area contributed by atoms with Gasteiger partial charge in [0.15, 0.2) is 0 Å². The number of hydrogen-bond donors (Lipinski definition) is 1. The lowest BCUT2D eigenvalue weighted by Gasteiger charge is -2.08. The van der Waals surface area contributed by atoms with Gasteiger partial charge in [0.05, 0.1) is 5.69 Å². The van der Waals surface area contributed by atoms with E-state index < -0.39 is 0 Å². The molecule has 2 aromatic carbocycles. The van der Waals surface area contributed by atoms with Crippen molar-refractivity contribution >= 4 is 27.5 Å². The van der Waals surface area contributed by atoms with Gasteiger partial charge < -0.3 is 14.6 Å². The maximum atomic E-state index is 12.4. The second kappa shape index (κ2) is 7.53. The lowest BCUT2D eigenvalue weighted by molar-refractivity contribution is 0.102. The second-order valence-electron chi connectivity index (χ2n) is 5.45. The molecule has 0 fully saturated rings. The van der Waals surface area contributed by atoms with Crippen molar-refractivity contribution in [3.8, 4) is 11.5 Å². The highest BCUT2D eigenvalue weighted by Crippen LogP contribution is 2.25. The number of nitrogens with zero attached hydrogens (tertiary/aromatic N) is 1. The first-order chi connectivity index (χ1) is 12.1. The van der Waals surface area contributed by atoms with E-state index in [1.807, 2.05) is 31.2 Å². The molecule has 0 spiro atoms. The maximum absolute atomic E-state index is 12.4. The van der Waals surface area contributed by atoms with E-state index >= 15 is 0 Å². The van der Waals surface area contributed by atoms with E-state index in [-0.39, 0.29) is 5.91 Å². The number of anilines is 1. The topological polar surface area (TPSA) is 64.4 Å². The van der Waals surface area contributed by atoms with Gasteiger partial charge in [0.25, 0.3) is 5.91 Å². The number of aryl methyl sites for hydroxylation is 2. The van der Waals surface area contributed by atoms with Gasteiger partial charge in [-0.2, -0.15) is 0 Å². The number of rotatable bonds is 5. The van der Waals surface area contributed by atoms with Crippen LogP contribution in [0.25, 0.3) is 0 Å². The molecule has 0 saturated carbocycles. The van der Waals surface area contributed by atoms with Crippen LogP contribution in [0.1, 0.15) is 28.7 Å². The Morgan fingerprint density at radius 3 is 2.32 bits per heavy atom. The smallest absolute Gasteiger partial charge is 0.261 e. The third-order valence-corrected chi connectivity index (χ3v) is 4.19. The highest BCUT2D eigenvalue weighted by atomic mass is 79.9. The molecular formula is C19H17BrN2O3. The molecule has 0 atom stereocenters. The fourth-order valence-corrected chi connectivity index (χ4v) is 2.65. The molecule has 0 aliphatic heterocycles. The minimum absolute atomic E-state index is 0.225. The van der Waals surface area contributed by atoms with E-state index in [1.165, 1.54) is 0 Å². The van der Waals surface area contributed by atoms with Crippen LogP contribution in [0.5, 0.6) is 11.5 Å². The molecule has 0 radical (unpaired) electrons. The summed E-state index contributed by atoms with van der Waals surface area (Å²) in [5.41, 5.74) is 1.83. The molecule has 1 N–H and O–H groups in total. The van der Waals surface area contributed by atoms with Crippen molar-refractivity contribution in [1.82, 2.24) is 5.16 Å². The number of carbonyl (C=O) groups is 1. The molecule has 1 aromatic heterocycles. The van der Waals surface area contributed by atoms with Crippen molar-refractivity contribution in [2.45, 2.75) is 20.3 Å². The van der Waals surface area contributed by atoms with Crippen molar-refractivity contribution in [3.05, 3.63) is 70.0 Å². The number of benzene rings is 2. The van der Waals surface area contributed by atoms with Gasteiger partial charge in [-0.1, -0.05) is 28.0 Å². The highest BCUT2D eigenvalue weighted by Gasteiger charge is 2.19. The summed E-state index contributed by atoms with van der Waals surface area (Å²) in [6.45, 7) is 3.67. The summed E-state index contributed by atoms with van der Waals surface area (Å²) in [5, 5.41) is 6.76. The predicted octanol–water partition coefficient (Wildman–Crippen LogP) is 5.35. The Hall–Kier alpha value is -2.60. The molecular weight excluding hydrogens is 384 g/mol. The number of nitrogens with one attached hydrogen (secondary N) is 1. The van der Waals surface area contributed by atoms with Gasteiger partial charge in [0, 0.05) is 10.2 Å². The molecule has 128 valence electrons. The summed E-state index contributed by atoms with van der Waals surface area (Å²) in [7, 11) is 0. The van der Waals surface area contributed by atoms with Crippen LogP contribution in [0.15, 0.2) is 57.5 Å². The average molecular weight is 401 g/mol. The summed E-state index contributed by atoms with van der Waals surface area (Å²) in [6, 6.07) is 14.8. The minimum Gasteiger partial charge on any atom is -0.457 e. The number of hydrogen-bond acceptors (Lipinski definition) is 4.